The minimum atomic E-state index is -0.877. The van der Waals surface area contributed by atoms with Gasteiger partial charge in [0.25, 0.3) is 11.8 Å². The Morgan fingerprint density at radius 1 is 1.24 bits per heavy atom. The number of nitrogens with one attached hydrogen (secondary N) is 1. The standard InChI is InChI=1S/C15H8FN3O5S/c16-10-3-1-2-4-11(10)18-14(21)9(13(20)17-15(18)25)7-8-5-6-12(24-8)19(22)23/h1-7H,(H,17,20,25)/b9-7+. The summed E-state index contributed by atoms with van der Waals surface area (Å²) in [5.74, 6) is -3.02. The highest BCUT2D eigenvalue weighted by Crippen LogP contribution is 2.25. The fourth-order valence-corrected chi connectivity index (χ4v) is 2.44. The molecule has 1 aromatic heterocycles. The number of anilines is 1. The Kier molecular flexibility index (Phi) is 4.11. The van der Waals surface area contributed by atoms with E-state index in [-0.39, 0.29) is 16.6 Å². The van der Waals surface area contributed by atoms with Crippen molar-refractivity contribution in [3.8, 4) is 0 Å². The van der Waals surface area contributed by atoms with Crippen LogP contribution in [-0.2, 0) is 9.59 Å². The van der Waals surface area contributed by atoms with Gasteiger partial charge in [0.2, 0.25) is 0 Å². The smallest absolute Gasteiger partial charge is 0.401 e. The summed E-state index contributed by atoms with van der Waals surface area (Å²) in [6.07, 6.45) is 1.03. The third-order valence-corrected chi connectivity index (χ3v) is 3.56. The van der Waals surface area contributed by atoms with E-state index in [0.717, 1.165) is 23.1 Å². The summed E-state index contributed by atoms with van der Waals surface area (Å²) in [6.45, 7) is 0. The Morgan fingerprint density at radius 3 is 2.60 bits per heavy atom. The molecule has 1 N–H and O–H groups in total. The molecule has 1 saturated heterocycles. The highest BCUT2D eigenvalue weighted by Gasteiger charge is 2.36. The third kappa shape index (κ3) is 3.02. The van der Waals surface area contributed by atoms with Crippen molar-refractivity contribution in [3.05, 3.63) is 63.7 Å². The molecule has 126 valence electrons. The van der Waals surface area contributed by atoms with E-state index in [9.17, 15) is 24.1 Å². The number of hydrogen-bond acceptors (Lipinski definition) is 6. The van der Waals surface area contributed by atoms with E-state index in [1.54, 1.807) is 0 Å². The number of thiocarbonyl (C=S) groups is 1. The average molecular weight is 361 g/mol. The molecule has 3 rings (SSSR count). The summed E-state index contributed by atoms with van der Waals surface area (Å²) >= 11 is 4.95. The number of para-hydroxylation sites is 1. The van der Waals surface area contributed by atoms with Crippen LogP contribution in [0, 0.1) is 15.9 Å². The van der Waals surface area contributed by atoms with Gasteiger partial charge in [-0.15, -0.1) is 0 Å². The van der Waals surface area contributed by atoms with Gasteiger partial charge in [0.05, 0.1) is 11.8 Å². The van der Waals surface area contributed by atoms with Gasteiger partial charge in [0.15, 0.2) is 5.11 Å². The zero-order valence-electron chi connectivity index (χ0n) is 12.3. The number of halogens is 1. The lowest BCUT2D eigenvalue weighted by atomic mass is 10.1. The van der Waals surface area contributed by atoms with Crippen LogP contribution in [0.25, 0.3) is 6.08 Å². The van der Waals surface area contributed by atoms with Crippen LogP contribution in [0.2, 0.25) is 0 Å². The van der Waals surface area contributed by atoms with E-state index in [0.29, 0.717) is 0 Å². The molecule has 0 spiro atoms. The largest absolute Gasteiger partial charge is 0.433 e. The molecule has 0 unspecified atom stereocenters. The summed E-state index contributed by atoms with van der Waals surface area (Å²) in [6, 6.07) is 7.72. The maximum atomic E-state index is 14.0. The summed E-state index contributed by atoms with van der Waals surface area (Å²) in [4.78, 5) is 35.4. The van der Waals surface area contributed by atoms with Crippen molar-refractivity contribution in [1.82, 2.24) is 5.32 Å². The molecule has 0 atom stereocenters. The van der Waals surface area contributed by atoms with Crippen LogP contribution in [0.4, 0.5) is 16.0 Å². The van der Waals surface area contributed by atoms with E-state index in [1.165, 1.54) is 24.3 Å². The van der Waals surface area contributed by atoms with Crippen LogP contribution in [0.3, 0.4) is 0 Å². The molecule has 1 aliphatic rings. The van der Waals surface area contributed by atoms with Crippen molar-refractivity contribution in [2.45, 2.75) is 0 Å². The SMILES string of the molecule is O=C1NC(=S)N(c2ccccc2F)C(=O)/C1=C/c1ccc([N+](=O)[O-])o1. The van der Waals surface area contributed by atoms with Gasteiger partial charge >= 0.3 is 5.88 Å². The fourth-order valence-electron chi connectivity index (χ4n) is 2.17. The number of carbonyl (C=O) groups excluding carboxylic acids is 2. The minimum absolute atomic E-state index is 0.0773. The van der Waals surface area contributed by atoms with Gasteiger partial charge in [0.1, 0.15) is 22.1 Å². The molecule has 25 heavy (non-hydrogen) atoms. The highest BCUT2D eigenvalue weighted by molar-refractivity contribution is 7.80. The van der Waals surface area contributed by atoms with Crippen LogP contribution >= 0.6 is 12.2 Å². The summed E-state index contributed by atoms with van der Waals surface area (Å²) in [5, 5.41) is 12.6. The Morgan fingerprint density at radius 2 is 1.96 bits per heavy atom. The zero-order chi connectivity index (χ0) is 18.1. The Balaban J connectivity index is 2.02. The van der Waals surface area contributed by atoms with Crippen LogP contribution in [0.1, 0.15) is 5.76 Å². The normalized spacial score (nSPS) is 16.3. The van der Waals surface area contributed by atoms with E-state index in [4.69, 9.17) is 16.6 Å². The lowest BCUT2D eigenvalue weighted by Gasteiger charge is -2.28. The molecule has 8 nitrogen and oxygen atoms in total. The Labute approximate surface area is 144 Å². The Bertz CT molecular complexity index is 952. The maximum Gasteiger partial charge on any atom is 0.433 e. The molecule has 1 aromatic carbocycles. The predicted molar refractivity (Wildman–Crippen MR) is 88.0 cm³/mol. The molecule has 1 aliphatic heterocycles. The molecule has 2 amide bonds. The fraction of sp³-hybridized carbons (Fsp3) is 0. The number of carbonyl (C=O) groups is 2. The predicted octanol–water partition coefficient (Wildman–Crippen LogP) is 2.16. The molecule has 0 bridgehead atoms. The van der Waals surface area contributed by atoms with E-state index < -0.39 is 34.0 Å². The molecule has 1 fully saturated rings. The second kappa shape index (κ2) is 6.24. The monoisotopic (exact) mass is 361 g/mol. The second-order valence-electron chi connectivity index (χ2n) is 4.84. The van der Waals surface area contributed by atoms with Crippen LogP contribution in [0.5, 0.6) is 0 Å². The van der Waals surface area contributed by atoms with Crippen molar-refractivity contribution in [2.75, 3.05) is 4.90 Å². The first-order chi connectivity index (χ1) is 11.9. The van der Waals surface area contributed by atoms with Gasteiger partial charge in [-0.05, 0) is 36.5 Å². The lowest BCUT2D eigenvalue weighted by molar-refractivity contribution is -0.402. The quantitative estimate of drug-likeness (QED) is 0.295. The van der Waals surface area contributed by atoms with E-state index in [2.05, 4.69) is 5.32 Å². The number of hydrogen-bond donors (Lipinski definition) is 1. The van der Waals surface area contributed by atoms with Gasteiger partial charge in [-0.2, -0.15) is 0 Å². The number of nitro groups is 1. The summed E-state index contributed by atoms with van der Waals surface area (Å²) in [5.41, 5.74) is -0.532. The van der Waals surface area contributed by atoms with Crippen LogP contribution < -0.4 is 10.2 Å². The number of amides is 2. The number of nitrogens with zero attached hydrogens (tertiary/aromatic N) is 2. The molecular weight excluding hydrogens is 353 g/mol. The average Bonchev–Trinajstić information content (AvgIpc) is 3.02. The molecule has 0 aliphatic carbocycles. The van der Waals surface area contributed by atoms with Crippen molar-refractivity contribution in [2.24, 2.45) is 0 Å². The van der Waals surface area contributed by atoms with E-state index in [1.807, 2.05) is 0 Å². The van der Waals surface area contributed by atoms with Gasteiger partial charge in [-0.1, -0.05) is 12.1 Å². The van der Waals surface area contributed by atoms with Gasteiger partial charge in [-0.25, -0.2) is 9.29 Å². The first-order valence-corrected chi connectivity index (χ1v) is 7.19. The van der Waals surface area contributed by atoms with Crippen molar-refractivity contribution in [1.29, 1.82) is 0 Å². The van der Waals surface area contributed by atoms with Crippen molar-refractivity contribution in [3.63, 3.8) is 0 Å². The molecule has 0 radical (unpaired) electrons. The lowest BCUT2D eigenvalue weighted by Crippen LogP contribution is -2.54. The first-order valence-electron chi connectivity index (χ1n) is 6.78. The van der Waals surface area contributed by atoms with Gasteiger partial charge < -0.3 is 4.42 Å². The van der Waals surface area contributed by atoms with Crippen molar-refractivity contribution < 1.29 is 23.3 Å². The second-order valence-corrected chi connectivity index (χ2v) is 5.23. The topological polar surface area (TPSA) is 106 Å². The van der Waals surface area contributed by atoms with Crippen molar-refractivity contribution >= 4 is 46.8 Å². The molecular formula is C15H8FN3O5S. The third-order valence-electron chi connectivity index (χ3n) is 3.27. The Hall–Kier alpha value is -3.40. The minimum Gasteiger partial charge on any atom is -0.401 e. The first kappa shape index (κ1) is 16.5. The summed E-state index contributed by atoms with van der Waals surface area (Å²) < 4.78 is 18.9. The maximum absolute atomic E-state index is 14.0. The number of furan rings is 1. The molecule has 2 aromatic rings. The van der Waals surface area contributed by atoms with Crippen LogP contribution in [-0.4, -0.2) is 21.9 Å². The zero-order valence-corrected chi connectivity index (χ0v) is 13.1. The number of rotatable bonds is 3. The summed E-state index contributed by atoms with van der Waals surface area (Å²) in [7, 11) is 0. The van der Waals surface area contributed by atoms with Gasteiger partial charge in [0, 0.05) is 0 Å². The van der Waals surface area contributed by atoms with E-state index >= 15 is 0 Å². The number of benzene rings is 1. The van der Waals surface area contributed by atoms with Crippen LogP contribution in [0.15, 0.2) is 46.4 Å². The molecule has 0 saturated carbocycles. The van der Waals surface area contributed by atoms with Gasteiger partial charge in [-0.3, -0.25) is 25.0 Å². The molecule has 2 heterocycles. The molecule has 10 heteroatoms. The highest BCUT2D eigenvalue weighted by atomic mass is 32.1.